The third kappa shape index (κ3) is 13.9. The highest BCUT2D eigenvalue weighted by Crippen LogP contribution is 2.66. The van der Waals surface area contributed by atoms with Crippen LogP contribution in [0.3, 0.4) is 0 Å². The van der Waals surface area contributed by atoms with Gasteiger partial charge in [0.2, 0.25) is 0 Å². The molecule has 0 saturated carbocycles. The van der Waals surface area contributed by atoms with Gasteiger partial charge in [-0.15, -0.1) is 0 Å². The molecule has 0 heterocycles. The normalized spacial score (nSPS) is 12.3. The van der Waals surface area contributed by atoms with Crippen LogP contribution in [0.1, 0.15) is 6.92 Å². The molecule has 0 bridgehead atoms. The quantitative estimate of drug-likeness (QED) is 0.114. The first kappa shape index (κ1) is 31.2. The molecule has 0 fully saturated rings. The summed E-state index contributed by atoms with van der Waals surface area (Å²) in [6.07, 6.45) is 0. The van der Waals surface area contributed by atoms with Crippen molar-refractivity contribution in [3.05, 3.63) is 0 Å². The third-order valence-electron chi connectivity index (χ3n) is 3.27. The lowest BCUT2D eigenvalue weighted by Gasteiger charge is -2.24. The number of carboxylic acids is 4. The predicted octanol–water partition coefficient (Wildman–Crippen LogP) is -3.06. The van der Waals surface area contributed by atoms with Crippen molar-refractivity contribution in [2.45, 2.75) is 12.0 Å². The van der Waals surface area contributed by atoms with Gasteiger partial charge >= 0.3 is 39.1 Å². The Bertz CT molecular complexity index is 650. The minimum absolute atomic E-state index is 0.0703. The molecule has 31 heavy (non-hydrogen) atoms. The predicted molar refractivity (Wildman–Crippen MR) is 98.1 cm³/mol. The monoisotopic (exact) mass is 498 g/mol. The van der Waals surface area contributed by atoms with E-state index in [2.05, 4.69) is 0 Å². The van der Waals surface area contributed by atoms with E-state index < -0.39 is 70.3 Å². The maximum Gasteiger partial charge on any atom is 0.369 e. The second kappa shape index (κ2) is 12.8. The van der Waals surface area contributed by atoms with Crippen molar-refractivity contribution < 1.29 is 73.4 Å². The van der Waals surface area contributed by atoms with Crippen LogP contribution in [0.5, 0.6) is 0 Å². The van der Waals surface area contributed by atoms with Gasteiger partial charge in [-0.2, -0.15) is 0 Å². The van der Waals surface area contributed by atoms with E-state index in [0.717, 1.165) is 9.80 Å². The largest absolute Gasteiger partial charge is 0.480 e. The van der Waals surface area contributed by atoms with Gasteiger partial charge < -0.3 is 45.1 Å². The van der Waals surface area contributed by atoms with Gasteiger partial charge in [0.15, 0.2) is 0 Å². The average Bonchev–Trinajstić information content (AvgIpc) is 2.48. The summed E-state index contributed by atoms with van der Waals surface area (Å²) in [5, 5.41) is 39.8. The van der Waals surface area contributed by atoms with E-state index in [4.69, 9.17) is 45.1 Å². The molecule has 0 radical (unpaired) electrons. The first-order chi connectivity index (χ1) is 13.7. The number of aliphatic carboxylic acids is 4. The standard InChI is InChI=1S/C10H16N2O8.C2H8O7P2/c13-7(14)3-11(4-8(15)16)1-2-12(5-9(17)18)6-10(19)20;1-2(3,10(4,5)6)11(7,8)9/h1-6H2,(H,13,14)(H,15,16)(H,17,18)(H,19,20);3H,1H3,(H2,4,5,6)(H2,7,8,9). The van der Waals surface area contributed by atoms with Gasteiger partial charge in [-0.05, 0) is 6.92 Å². The molecular weight excluding hydrogens is 474 g/mol. The smallest absolute Gasteiger partial charge is 0.369 e. The molecule has 0 atom stereocenters. The Labute approximate surface area is 174 Å². The van der Waals surface area contributed by atoms with E-state index in [1.807, 2.05) is 0 Å². The molecule has 0 saturated heterocycles. The zero-order valence-corrected chi connectivity index (χ0v) is 17.8. The molecule has 9 N–H and O–H groups in total. The van der Waals surface area contributed by atoms with Crippen LogP contribution in [0.25, 0.3) is 0 Å². The van der Waals surface area contributed by atoms with E-state index in [9.17, 15) is 28.3 Å². The van der Waals surface area contributed by atoms with Crippen LogP contribution in [0.2, 0.25) is 0 Å². The lowest BCUT2D eigenvalue weighted by molar-refractivity contribution is -0.145. The average molecular weight is 498 g/mol. The molecule has 0 aromatic heterocycles. The number of aliphatic hydroxyl groups is 1. The summed E-state index contributed by atoms with van der Waals surface area (Å²) in [7, 11) is -10.4. The zero-order chi connectivity index (χ0) is 25.2. The van der Waals surface area contributed by atoms with Crippen molar-refractivity contribution in [2.75, 3.05) is 39.3 Å². The van der Waals surface area contributed by atoms with Crippen LogP contribution in [0.15, 0.2) is 0 Å². The molecule has 0 spiro atoms. The lowest BCUT2D eigenvalue weighted by Crippen LogP contribution is -2.43. The van der Waals surface area contributed by atoms with Crippen molar-refractivity contribution in [1.82, 2.24) is 9.80 Å². The van der Waals surface area contributed by atoms with E-state index in [-0.39, 0.29) is 13.1 Å². The number of hydrogen-bond acceptors (Lipinski definition) is 9. The number of nitrogens with zero attached hydrogens (tertiary/aromatic N) is 2. The SMILES string of the molecule is CC(O)(P(=O)(O)O)P(=O)(O)O.O=C(O)CN(CCN(CC(=O)O)CC(=O)O)CC(=O)O. The summed E-state index contributed by atoms with van der Waals surface area (Å²) in [5.41, 5.74) is 0. The van der Waals surface area contributed by atoms with Crippen molar-refractivity contribution in [2.24, 2.45) is 0 Å². The molecule has 0 aliphatic heterocycles. The van der Waals surface area contributed by atoms with Gasteiger partial charge in [-0.25, -0.2) is 0 Å². The van der Waals surface area contributed by atoms with Crippen molar-refractivity contribution >= 4 is 39.1 Å². The topological polar surface area (TPSA) is 291 Å². The number of hydrogen-bond donors (Lipinski definition) is 9. The summed E-state index contributed by atoms with van der Waals surface area (Å²) in [4.78, 5) is 77.4. The number of carboxylic acid groups (broad SMARTS) is 4. The highest BCUT2D eigenvalue weighted by atomic mass is 31.2. The Morgan fingerprint density at radius 1 is 0.645 bits per heavy atom. The maximum atomic E-state index is 10.6. The van der Waals surface area contributed by atoms with Gasteiger partial charge in [0.1, 0.15) is 0 Å². The molecular formula is C12H24N2O15P2. The molecule has 19 heteroatoms. The van der Waals surface area contributed by atoms with E-state index in [1.165, 1.54) is 0 Å². The summed E-state index contributed by atoms with van der Waals surface area (Å²) in [6.45, 7) is -1.87. The first-order valence-corrected chi connectivity index (χ1v) is 11.1. The van der Waals surface area contributed by atoms with Gasteiger partial charge in [-0.3, -0.25) is 38.1 Å². The molecule has 0 aliphatic carbocycles. The van der Waals surface area contributed by atoms with Crippen LogP contribution in [0, 0.1) is 0 Å². The highest BCUT2D eigenvalue weighted by Gasteiger charge is 2.55. The second-order valence-corrected chi connectivity index (χ2v) is 10.3. The van der Waals surface area contributed by atoms with Crippen molar-refractivity contribution in [1.29, 1.82) is 0 Å². The van der Waals surface area contributed by atoms with Crippen molar-refractivity contribution in [3.63, 3.8) is 0 Å². The molecule has 0 amide bonds. The number of rotatable bonds is 13. The Hall–Kier alpha value is -1.94. The summed E-state index contributed by atoms with van der Waals surface area (Å²) in [6, 6.07) is 0. The summed E-state index contributed by atoms with van der Waals surface area (Å²) >= 11 is 0. The molecule has 17 nitrogen and oxygen atoms in total. The molecule has 0 aliphatic rings. The molecule has 0 aromatic rings. The van der Waals surface area contributed by atoms with E-state index in [1.54, 1.807) is 0 Å². The Morgan fingerprint density at radius 2 is 0.839 bits per heavy atom. The van der Waals surface area contributed by atoms with E-state index >= 15 is 0 Å². The second-order valence-electron chi connectivity index (χ2n) is 6.06. The fraction of sp³-hybridized carbons (Fsp3) is 0.667. The Balaban J connectivity index is 0. The molecule has 182 valence electrons. The van der Waals surface area contributed by atoms with Crippen LogP contribution in [-0.2, 0) is 28.3 Å². The number of carbonyl (C=O) groups is 4. The van der Waals surface area contributed by atoms with Crippen LogP contribution >= 0.6 is 15.2 Å². The van der Waals surface area contributed by atoms with E-state index in [0.29, 0.717) is 6.92 Å². The zero-order valence-electron chi connectivity index (χ0n) is 16.0. The van der Waals surface area contributed by atoms with Gasteiger partial charge in [0, 0.05) is 13.1 Å². The summed E-state index contributed by atoms with van der Waals surface area (Å²) in [5.74, 6) is -4.91. The minimum atomic E-state index is -5.20. The molecule has 0 aromatic carbocycles. The Morgan fingerprint density at radius 3 is 0.935 bits per heavy atom. The van der Waals surface area contributed by atoms with Gasteiger partial charge in [-0.1, -0.05) is 0 Å². The lowest BCUT2D eigenvalue weighted by atomic mass is 10.4. The maximum absolute atomic E-state index is 10.6. The van der Waals surface area contributed by atoms with Gasteiger partial charge in [0.05, 0.1) is 26.2 Å². The van der Waals surface area contributed by atoms with Crippen molar-refractivity contribution in [3.8, 4) is 0 Å². The fourth-order valence-corrected chi connectivity index (χ4v) is 3.00. The highest BCUT2D eigenvalue weighted by molar-refractivity contribution is 7.71. The van der Waals surface area contributed by atoms with Crippen LogP contribution in [-0.4, -0.2) is 123 Å². The molecule has 0 unspecified atom stereocenters. The third-order valence-corrected chi connectivity index (χ3v) is 7.04. The summed E-state index contributed by atoms with van der Waals surface area (Å²) < 4.78 is 20.5. The van der Waals surface area contributed by atoms with Gasteiger partial charge in [0.25, 0.3) is 5.08 Å². The first-order valence-electron chi connectivity index (χ1n) is 7.86. The van der Waals surface area contributed by atoms with Crippen LogP contribution in [0.4, 0.5) is 0 Å². The fourth-order valence-electron chi connectivity index (χ4n) is 1.65. The van der Waals surface area contributed by atoms with Crippen LogP contribution < -0.4 is 0 Å². The minimum Gasteiger partial charge on any atom is -0.480 e. The Kier molecular flexibility index (Phi) is 12.9. The molecule has 0 rings (SSSR count).